The molecule has 0 bridgehead atoms. The van der Waals surface area contributed by atoms with Crippen LogP contribution in [0.5, 0.6) is 5.75 Å². The highest BCUT2D eigenvalue weighted by molar-refractivity contribution is 14.1. The van der Waals surface area contributed by atoms with Gasteiger partial charge in [-0.05, 0) is 52.9 Å². The molecule has 0 aliphatic carbocycles. The van der Waals surface area contributed by atoms with Crippen molar-refractivity contribution in [2.45, 2.75) is 0 Å². The molecule has 0 aromatic heterocycles. The van der Waals surface area contributed by atoms with Crippen LogP contribution in [0, 0.1) is 3.57 Å². The van der Waals surface area contributed by atoms with Gasteiger partial charge in [0.2, 0.25) is 0 Å². The van der Waals surface area contributed by atoms with Crippen molar-refractivity contribution in [2.75, 3.05) is 11.9 Å². The van der Waals surface area contributed by atoms with Gasteiger partial charge in [0.15, 0.2) is 12.4 Å². The van der Waals surface area contributed by atoms with Crippen molar-refractivity contribution >= 4 is 40.0 Å². The van der Waals surface area contributed by atoms with Crippen LogP contribution in [0.15, 0.2) is 42.5 Å². The van der Waals surface area contributed by atoms with Gasteiger partial charge < -0.3 is 10.1 Å². The van der Waals surface area contributed by atoms with Crippen molar-refractivity contribution in [1.82, 2.24) is 0 Å². The summed E-state index contributed by atoms with van der Waals surface area (Å²) in [5.74, 6) is 0.297. The Labute approximate surface area is 129 Å². The quantitative estimate of drug-likeness (QED) is 0.645. The number of benzene rings is 2. The number of hydrogen-bond acceptors (Lipinski definition) is 3. The molecule has 0 saturated carbocycles. The number of nitrogens with one attached hydrogen (secondary N) is 1. The van der Waals surface area contributed by atoms with E-state index in [0.29, 0.717) is 22.6 Å². The number of anilines is 1. The monoisotopic (exact) mass is 379 g/mol. The molecule has 2 aromatic carbocycles. The fraction of sp³-hybridized carbons (Fsp3) is 0.0667. The zero-order valence-corrected chi connectivity index (χ0v) is 12.5. The Kier molecular flexibility index (Phi) is 3.43. The minimum atomic E-state index is -0.212. The Bertz CT molecular complexity index is 712. The summed E-state index contributed by atoms with van der Waals surface area (Å²) in [5.41, 5.74) is 1.69. The zero-order chi connectivity index (χ0) is 14.1. The molecule has 5 heteroatoms. The average molecular weight is 379 g/mol. The molecular weight excluding hydrogens is 369 g/mol. The van der Waals surface area contributed by atoms with E-state index in [1.807, 2.05) is 18.2 Å². The number of amides is 1. The fourth-order valence-corrected chi connectivity index (χ4v) is 2.56. The second-order valence-corrected chi connectivity index (χ2v) is 5.63. The molecule has 1 aliphatic rings. The molecule has 0 unspecified atom stereocenters. The van der Waals surface area contributed by atoms with Crippen molar-refractivity contribution in [1.29, 1.82) is 0 Å². The third-order valence-electron chi connectivity index (χ3n) is 2.96. The molecule has 1 heterocycles. The van der Waals surface area contributed by atoms with Crippen LogP contribution in [0.2, 0.25) is 0 Å². The van der Waals surface area contributed by atoms with Gasteiger partial charge >= 0.3 is 0 Å². The highest BCUT2D eigenvalue weighted by Crippen LogP contribution is 2.29. The van der Waals surface area contributed by atoms with Crippen LogP contribution in [0.4, 0.5) is 5.69 Å². The summed E-state index contributed by atoms with van der Waals surface area (Å²) in [7, 11) is 0. The molecule has 0 atom stereocenters. The maximum atomic E-state index is 12.4. The van der Waals surface area contributed by atoms with Crippen molar-refractivity contribution < 1.29 is 14.3 Å². The van der Waals surface area contributed by atoms with Gasteiger partial charge in [-0.1, -0.05) is 12.1 Å². The van der Waals surface area contributed by atoms with Gasteiger partial charge in [-0.3, -0.25) is 9.59 Å². The molecule has 1 amide bonds. The lowest BCUT2D eigenvalue weighted by atomic mass is 10.0. The van der Waals surface area contributed by atoms with Crippen LogP contribution in [0.25, 0.3) is 0 Å². The van der Waals surface area contributed by atoms with Crippen molar-refractivity contribution in [2.24, 2.45) is 0 Å². The summed E-state index contributed by atoms with van der Waals surface area (Å²) in [4.78, 5) is 23.7. The van der Waals surface area contributed by atoms with Crippen LogP contribution < -0.4 is 10.1 Å². The molecule has 0 fully saturated rings. The standard InChI is InChI=1S/C15H10INO3/c16-11-3-1-2-9(6-11)15(19)10-4-5-13-12(7-10)17-14(18)8-20-13/h1-7H,8H2,(H,17,18). The molecule has 20 heavy (non-hydrogen) atoms. The third-order valence-corrected chi connectivity index (χ3v) is 3.63. The lowest BCUT2D eigenvalue weighted by Crippen LogP contribution is -2.25. The summed E-state index contributed by atoms with van der Waals surface area (Å²) < 4.78 is 6.27. The highest BCUT2D eigenvalue weighted by Gasteiger charge is 2.18. The minimum Gasteiger partial charge on any atom is -0.482 e. The maximum Gasteiger partial charge on any atom is 0.262 e. The Morgan fingerprint density at radius 3 is 2.75 bits per heavy atom. The first-order valence-electron chi connectivity index (χ1n) is 6.00. The van der Waals surface area contributed by atoms with E-state index in [4.69, 9.17) is 4.74 Å². The van der Waals surface area contributed by atoms with Crippen molar-refractivity contribution in [3.05, 3.63) is 57.2 Å². The van der Waals surface area contributed by atoms with E-state index in [0.717, 1.165) is 3.57 Å². The Balaban J connectivity index is 1.97. The van der Waals surface area contributed by atoms with E-state index in [-0.39, 0.29) is 18.3 Å². The van der Waals surface area contributed by atoms with Gasteiger partial charge in [0.05, 0.1) is 5.69 Å². The summed E-state index contributed by atoms with van der Waals surface area (Å²) >= 11 is 2.17. The van der Waals surface area contributed by atoms with E-state index < -0.39 is 0 Å². The molecule has 0 radical (unpaired) electrons. The van der Waals surface area contributed by atoms with Gasteiger partial charge in [0.1, 0.15) is 5.75 Å². The lowest BCUT2D eigenvalue weighted by Gasteiger charge is -2.18. The average Bonchev–Trinajstić information content (AvgIpc) is 2.45. The van der Waals surface area contributed by atoms with E-state index in [1.54, 1.807) is 24.3 Å². The maximum absolute atomic E-state index is 12.4. The van der Waals surface area contributed by atoms with E-state index >= 15 is 0 Å². The summed E-state index contributed by atoms with van der Waals surface area (Å²) in [5, 5.41) is 2.70. The third kappa shape index (κ3) is 2.53. The number of fused-ring (bicyclic) bond motifs is 1. The van der Waals surface area contributed by atoms with E-state index in [1.165, 1.54) is 0 Å². The summed E-state index contributed by atoms with van der Waals surface area (Å²) in [6.07, 6.45) is 0. The second-order valence-electron chi connectivity index (χ2n) is 4.39. The zero-order valence-electron chi connectivity index (χ0n) is 10.4. The Hall–Kier alpha value is -1.89. The normalized spacial score (nSPS) is 13.2. The topological polar surface area (TPSA) is 55.4 Å². The van der Waals surface area contributed by atoms with Crippen LogP contribution in [0.1, 0.15) is 15.9 Å². The second kappa shape index (κ2) is 5.24. The first kappa shape index (κ1) is 13.1. The van der Waals surface area contributed by atoms with Crippen LogP contribution in [-0.4, -0.2) is 18.3 Å². The molecular formula is C15H10INO3. The number of ether oxygens (including phenoxy) is 1. The number of rotatable bonds is 2. The molecule has 2 aromatic rings. The SMILES string of the molecule is O=C1COc2ccc(C(=O)c3cccc(I)c3)cc2N1. The van der Waals surface area contributed by atoms with Gasteiger partial charge in [0.25, 0.3) is 5.91 Å². The fourth-order valence-electron chi connectivity index (χ4n) is 2.02. The molecule has 0 saturated heterocycles. The first-order chi connectivity index (χ1) is 9.63. The minimum absolute atomic E-state index is 0.0111. The van der Waals surface area contributed by atoms with E-state index in [2.05, 4.69) is 27.9 Å². The Morgan fingerprint density at radius 2 is 1.95 bits per heavy atom. The van der Waals surface area contributed by atoms with Crippen LogP contribution in [-0.2, 0) is 4.79 Å². The number of halogens is 1. The van der Waals surface area contributed by atoms with Gasteiger partial charge in [-0.15, -0.1) is 0 Å². The summed E-state index contributed by atoms with van der Waals surface area (Å²) in [6.45, 7) is 0.0111. The number of carbonyl (C=O) groups is 2. The van der Waals surface area contributed by atoms with Gasteiger partial charge in [-0.25, -0.2) is 0 Å². The van der Waals surface area contributed by atoms with Gasteiger partial charge in [0, 0.05) is 14.7 Å². The van der Waals surface area contributed by atoms with Crippen molar-refractivity contribution in [3.63, 3.8) is 0 Å². The molecule has 100 valence electrons. The van der Waals surface area contributed by atoms with Crippen molar-refractivity contribution in [3.8, 4) is 5.75 Å². The Morgan fingerprint density at radius 1 is 1.15 bits per heavy atom. The number of ketones is 1. The molecule has 1 N–H and O–H groups in total. The summed E-state index contributed by atoms with van der Waals surface area (Å²) in [6, 6.07) is 12.4. The molecule has 0 spiro atoms. The van der Waals surface area contributed by atoms with Crippen LogP contribution in [0.3, 0.4) is 0 Å². The highest BCUT2D eigenvalue weighted by atomic mass is 127. The molecule has 4 nitrogen and oxygen atoms in total. The lowest BCUT2D eigenvalue weighted by molar-refractivity contribution is -0.118. The predicted octanol–water partition coefficient (Wildman–Crippen LogP) is 2.85. The van der Waals surface area contributed by atoms with Gasteiger partial charge in [-0.2, -0.15) is 0 Å². The largest absolute Gasteiger partial charge is 0.482 e. The molecule has 1 aliphatic heterocycles. The number of hydrogen-bond donors (Lipinski definition) is 1. The number of carbonyl (C=O) groups excluding carboxylic acids is 2. The first-order valence-corrected chi connectivity index (χ1v) is 7.08. The smallest absolute Gasteiger partial charge is 0.262 e. The van der Waals surface area contributed by atoms with E-state index in [9.17, 15) is 9.59 Å². The molecule has 3 rings (SSSR count). The predicted molar refractivity (Wildman–Crippen MR) is 83.2 cm³/mol. The van der Waals surface area contributed by atoms with Crippen LogP contribution >= 0.6 is 22.6 Å².